The molecule has 96 valence electrons. The van der Waals surface area contributed by atoms with Crippen molar-refractivity contribution in [3.63, 3.8) is 0 Å². The van der Waals surface area contributed by atoms with Crippen molar-refractivity contribution in [2.75, 3.05) is 0 Å². The lowest BCUT2D eigenvalue weighted by molar-refractivity contribution is 0.927. The Morgan fingerprint density at radius 1 is 1.05 bits per heavy atom. The van der Waals surface area contributed by atoms with Crippen molar-refractivity contribution in [2.45, 2.75) is 19.9 Å². The van der Waals surface area contributed by atoms with Crippen LogP contribution in [-0.2, 0) is 13.0 Å². The smallest absolute Gasteiger partial charge is 0.165 e. The third kappa shape index (κ3) is 2.11. The van der Waals surface area contributed by atoms with Gasteiger partial charge in [0.05, 0.1) is 0 Å². The fraction of sp³-hybridized carbons (Fsp3) is 0.200. The van der Waals surface area contributed by atoms with E-state index in [-0.39, 0.29) is 0 Å². The second-order valence-electron chi connectivity index (χ2n) is 4.65. The topological polar surface area (TPSA) is 56.2 Å². The van der Waals surface area contributed by atoms with Gasteiger partial charge in [-0.15, -0.1) is 10.2 Å². The molecule has 0 bridgehead atoms. The van der Waals surface area contributed by atoms with Crippen molar-refractivity contribution in [1.82, 2.24) is 14.6 Å². The number of aryl methyl sites for hydroxylation is 1. The minimum Gasteiger partial charge on any atom is -0.326 e. The maximum Gasteiger partial charge on any atom is 0.165 e. The average molecular weight is 252 g/mol. The molecule has 3 aromatic rings. The summed E-state index contributed by atoms with van der Waals surface area (Å²) in [5.41, 5.74) is 10.1. The Kier molecular flexibility index (Phi) is 3.01. The Morgan fingerprint density at radius 3 is 2.63 bits per heavy atom. The molecule has 4 nitrogen and oxygen atoms in total. The number of hydrogen-bond donors (Lipinski definition) is 1. The van der Waals surface area contributed by atoms with Gasteiger partial charge in [0.2, 0.25) is 0 Å². The fourth-order valence-electron chi connectivity index (χ4n) is 2.28. The van der Waals surface area contributed by atoms with E-state index in [9.17, 15) is 0 Å². The molecule has 0 radical (unpaired) electrons. The molecular formula is C15H16N4. The van der Waals surface area contributed by atoms with Crippen molar-refractivity contribution < 1.29 is 0 Å². The summed E-state index contributed by atoms with van der Waals surface area (Å²) in [5.74, 6) is 0.944. The van der Waals surface area contributed by atoms with Gasteiger partial charge >= 0.3 is 0 Å². The zero-order chi connectivity index (χ0) is 13.2. The fourth-order valence-corrected chi connectivity index (χ4v) is 2.28. The highest BCUT2D eigenvalue weighted by Crippen LogP contribution is 2.15. The Hall–Kier alpha value is -2.20. The molecule has 2 N–H and O–H groups in total. The number of benzene rings is 1. The molecule has 0 spiro atoms. The molecule has 1 aromatic carbocycles. The van der Waals surface area contributed by atoms with Gasteiger partial charge in [-0.3, -0.25) is 4.40 Å². The van der Waals surface area contributed by atoms with E-state index in [1.165, 1.54) is 11.1 Å². The first kappa shape index (κ1) is 11.9. The maximum atomic E-state index is 5.72. The van der Waals surface area contributed by atoms with E-state index in [0.717, 1.165) is 23.5 Å². The third-order valence-electron chi connectivity index (χ3n) is 3.42. The summed E-state index contributed by atoms with van der Waals surface area (Å²) < 4.78 is 2.02. The highest BCUT2D eigenvalue weighted by Gasteiger charge is 2.09. The summed E-state index contributed by atoms with van der Waals surface area (Å²) in [6.07, 6.45) is 2.77. The molecule has 0 aliphatic heterocycles. The molecule has 0 aliphatic rings. The minimum absolute atomic E-state index is 0.479. The minimum atomic E-state index is 0.479. The van der Waals surface area contributed by atoms with E-state index in [1.54, 1.807) is 0 Å². The molecule has 2 heterocycles. The summed E-state index contributed by atoms with van der Waals surface area (Å²) in [5, 5.41) is 8.55. The van der Waals surface area contributed by atoms with Crippen molar-refractivity contribution in [3.05, 3.63) is 65.1 Å². The van der Waals surface area contributed by atoms with Crippen LogP contribution in [0.15, 0.2) is 42.6 Å². The van der Waals surface area contributed by atoms with E-state index >= 15 is 0 Å². The van der Waals surface area contributed by atoms with Gasteiger partial charge in [0.15, 0.2) is 5.65 Å². The number of aromatic nitrogens is 3. The van der Waals surface area contributed by atoms with Crippen LogP contribution in [0.3, 0.4) is 0 Å². The van der Waals surface area contributed by atoms with Crippen molar-refractivity contribution in [2.24, 2.45) is 5.73 Å². The van der Waals surface area contributed by atoms with Gasteiger partial charge in [-0.05, 0) is 24.1 Å². The summed E-state index contributed by atoms with van der Waals surface area (Å²) in [6, 6.07) is 12.3. The first-order chi connectivity index (χ1) is 9.29. The van der Waals surface area contributed by atoms with Crippen molar-refractivity contribution in [1.29, 1.82) is 0 Å². The van der Waals surface area contributed by atoms with Crippen LogP contribution in [0.2, 0.25) is 0 Å². The van der Waals surface area contributed by atoms with Crippen molar-refractivity contribution in [3.8, 4) is 0 Å². The van der Waals surface area contributed by atoms with Gasteiger partial charge in [0.1, 0.15) is 5.82 Å². The molecule has 0 saturated carbocycles. The SMILES string of the molecule is Cc1ccccc1Cc1nnc2c(CN)cccn12. The van der Waals surface area contributed by atoms with Gasteiger partial charge < -0.3 is 5.73 Å². The van der Waals surface area contributed by atoms with E-state index < -0.39 is 0 Å². The van der Waals surface area contributed by atoms with Gasteiger partial charge in [0, 0.05) is 24.7 Å². The average Bonchev–Trinajstić information content (AvgIpc) is 2.84. The summed E-state index contributed by atoms with van der Waals surface area (Å²) >= 11 is 0. The van der Waals surface area contributed by atoms with Crippen LogP contribution >= 0.6 is 0 Å². The molecule has 0 unspecified atom stereocenters. The number of hydrogen-bond acceptors (Lipinski definition) is 3. The predicted molar refractivity (Wildman–Crippen MR) is 74.9 cm³/mol. The largest absolute Gasteiger partial charge is 0.326 e. The Bertz CT molecular complexity index is 715. The highest BCUT2D eigenvalue weighted by molar-refractivity contribution is 5.47. The van der Waals surface area contributed by atoms with Crippen LogP contribution < -0.4 is 5.73 Å². The molecule has 2 aromatic heterocycles. The normalized spacial score (nSPS) is 11.1. The summed E-state index contributed by atoms with van der Waals surface area (Å²) in [6.45, 7) is 2.59. The second-order valence-corrected chi connectivity index (χ2v) is 4.65. The van der Waals surface area contributed by atoms with Crippen LogP contribution in [0, 0.1) is 6.92 Å². The second kappa shape index (κ2) is 4.82. The van der Waals surface area contributed by atoms with Crippen LogP contribution in [0.1, 0.15) is 22.5 Å². The maximum absolute atomic E-state index is 5.72. The molecule has 0 saturated heterocycles. The molecule has 0 fully saturated rings. The Labute approximate surface area is 111 Å². The standard InChI is InChI=1S/C15H16N4/c1-11-5-2-3-6-12(11)9-14-17-18-15-13(10-16)7-4-8-19(14)15/h2-8H,9-10,16H2,1H3. The first-order valence-electron chi connectivity index (χ1n) is 6.35. The number of nitrogens with two attached hydrogens (primary N) is 1. The first-order valence-corrected chi connectivity index (χ1v) is 6.35. The van der Waals surface area contributed by atoms with Gasteiger partial charge in [-0.2, -0.15) is 0 Å². The quantitative estimate of drug-likeness (QED) is 0.776. The molecule has 4 heteroatoms. The Balaban J connectivity index is 2.05. The molecule has 0 atom stereocenters. The lowest BCUT2D eigenvalue weighted by Crippen LogP contribution is -2.02. The highest BCUT2D eigenvalue weighted by atomic mass is 15.2. The van der Waals surface area contributed by atoms with E-state index in [2.05, 4.69) is 35.3 Å². The lowest BCUT2D eigenvalue weighted by atomic mass is 10.1. The number of fused-ring (bicyclic) bond motifs is 1. The number of pyridine rings is 1. The lowest BCUT2D eigenvalue weighted by Gasteiger charge is -2.05. The van der Waals surface area contributed by atoms with Gasteiger partial charge in [-0.1, -0.05) is 30.3 Å². The van der Waals surface area contributed by atoms with Gasteiger partial charge in [0.25, 0.3) is 0 Å². The molecule has 0 amide bonds. The summed E-state index contributed by atoms with van der Waals surface area (Å²) in [7, 11) is 0. The van der Waals surface area contributed by atoms with Crippen LogP contribution in [0.25, 0.3) is 5.65 Å². The Morgan fingerprint density at radius 2 is 1.84 bits per heavy atom. The molecular weight excluding hydrogens is 236 g/mol. The monoisotopic (exact) mass is 252 g/mol. The van der Waals surface area contributed by atoms with E-state index in [4.69, 9.17) is 5.73 Å². The van der Waals surface area contributed by atoms with Crippen LogP contribution in [-0.4, -0.2) is 14.6 Å². The number of rotatable bonds is 3. The molecule has 0 aliphatic carbocycles. The van der Waals surface area contributed by atoms with Gasteiger partial charge in [-0.25, -0.2) is 0 Å². The van der Waals surface area contributed by atoms with Crippen molar-refractivity contribution >= 4 is 5.65 Å². The zero-order valence-corrected chi connectivity index (χ0v) is 10.9. The summed E-state index contributed by atoms with van der Waals surface area (Å²) in [4.78, 5) is 0. The van der Waals surface area contributed by atoms with Crippen LogP contribution in [0.5, 0.6) is 0 Å². The molecule has 3 rings (SSSR count). The predicted octanol–water partition coefficient (Wildman–Crippen LogP) is 2.09. The zero-order valence-electron chi connectivity index (χ0n) is 10.9. The third-order valence-corrected chi connectivity index (χ3v) is 3.42. The van der Waals surface area contributed by atoms with E-state index in [0.29, 0.717) is 6.54 Å². The molecule has 19 heavy (non-hydrogen) atoms. The van der Waals surface area contributed by atoms with E-state index in [1.807, 2.05) is 28.8 Å². The van der Waals surface area contributed by atoms with Crippen LogP contribution in [0.4, 0.5) is 0 Å². The number of nitrogens with zero attached hydrogens (tertiary/aromatic N) is 3.